The Morgan fingerprint density at radius 3 is 2.56 bits per heavy atom. The summed E-state index contributed by atoms with van der Waals surface area (Å²) in [6.07, 6.45) is 2.80. The van der Waals surface area contributed by atoms with E-state index in [0.717, 1.165) is 25.8 Å². The molecule has 0 radical (unpaired) electrons. The molecule has 0 unspecified atom stereocenters. The van der Waals surface area contributed by atoms with Gasteiger partial charge in [-0.15, -0.1) is 0 Å². The van der Waals surface area contributed by atoms with Crippen molar-refractivity contribution in [1.82, 2.24) is 4.90 Å². The predicted molar refractivity (Wildman–Crippen MR) is 64.3 cm³/mol. The third-order valence-corrected chi connectivity index (χ3v) is 2.63. The van der Waals surface area contributed by atoms with E-state index in [4.69, 9.17) is 10.5 Å². The van der Waals surface area contributed by atoms with Gasteiger partial charge in [-0.2, -0.15) is 0 Å². The molecule has 0 bridgehead atoms. The fourth-order valence-corrected chi connectivity index (χ4v) is 1.91. The first-order valence-electron chi connectivity index (χ1n) is 5.96. The number of nitrogens with zero attached hydrogens (tertiary/aromatic N) is 1. The van der Waals surface area contributed by atoms with E-state index >= 15 is 0 Å². The molecule has 1 aliphatic heterocycles. The summed E-state index contributed by atoms with van der Waals surface area (Å²) in [7, 11) is 0. The van der Waals surface area contributed by atoms with Crippen molar-refractivity contribution in [2.24, 2.45) is 5.73 Å². The van der Waals surface area contributed by atoms with Crippen molar-refractivity contribution in [2.75, 3.05) is 13.1 Å². The monoisotopic (exact) mass is 228 g/mol. The second-order valence-corrected chi connectivity index (χ2v) is 6.01. The molecule has 1 rings (SSSR count). The molecule has 1 saturated heterocycles. The Labute approximate surface area is 98.1 Å². The normalized spacial score (nSPS) is 27.4. The van der Waals surface area contributed by atoms with E-state index in [-0.39, 0.29) is 11.6 Å². The second kappa shape index (κ2) is 4.62. The molecule has 0 aromatic rings. The minimum atomic E-state index is -0.436. The zero-order chi connectivity index (χ0) is 12.4. The summed E-state index contributed by atoms with van der Waals surface area (Å²) in [5.74, 6) is 0. The largest absolute Gasteiger partial charge is 0.444 e. The maximum atomic E-state index is 11.9. The van der Waals surface area contributed by atoms with E-state index in [9.17, 15) is 4.79 Å². The zero-order valence-corrected chi connectivity index (χ0v) is 10.9. The van der Waals surface area contributed by atoms with Gasteiger partial charge < -0.3 is 15.4 Å². The summed E-state index contributed by atoms with van der Waals surface area (Å²) in [4.78, 5) is 13.6. The average molecular weight is 228 g/mol. The molecular weight excluding hydrogens is 204 g/mol. The highest BCUT2D eigenvalue weighted by Crippen LogP contribution is 2.20. The van der Waals surface area contributed by atoms with Gasteiger partial charge in [0.1, 0.15) is 5.60 Å². The van der Waals surface area contributed by atoms with Gasteiger partial charge in [0.2, 0.25) is 0 Å². The van der Waals surface area contributed by atoms with Crippen LogP contribution in [0.5, 0.6) is 0 Å². The topological polar surface area (TPSA) is 55.6 Å². The summed E-state index contributed by atoms with van der Waals surface area (Å²) < 4.78 is 5.36. The van der Waals surface area contributed by atoms with Crippen molar-refractivity contribution < 1.29 is 9.53 Å². The van der Waals surface area contributed by atoms with Gasteiger partial charge >= 0.3 is 6.09 Å². The van der Waals surface area contributed by atoms with Crippen LogP contribution in [0.2, 0.25) is 0 Å². The Morgan fingerprint density at radius 1 is 1.38 bits per heavy atom. The Hall–Kier alpha value is -0.770. The van der Waals surface area contributed by atoms with Crippen LogP contribution in [0.25, 0.3) is 0 Å². The van der Waals surface area contributed by atoms with Crippen LogP contribution in [-0.4, -0.2) is 35.2 Å². The van der Waals surface area contributed by atoms with Crippen LogP contribution in [0, 0.1) is 0 Å². The van der Waals surface area contributed by atoms with Gasteiger partial charge in [0.25, 0.3) is 0 Å². The minimum absolute atomic E-state index is 0.244. The van der Waals surface area contributed by atoms with E-state index in [1.165, 1.54) is 0 Å². The Bertz CT molecular complexity index is 256. The predicted octanol–water partition coefficient (Wildman–Crippen LogP) is 2.12. The molecule has 1 atom stereocenters. The second-order valence-electron chi connectivity index (χ2n) is 6.01. The molecule has 0 aromatic heterocycles. The Kier molecular flexibility index (Phi) is 3.84. The lowest BCUT2D eigenvalue weighted by Crippen LogP contribution is -2.49. The summed E-state index contributed by atoms with van der Waals surface area (Å²) >= 11 is 0. The van der Waals surface area contributed by atoms with E-state index in [2.05, 4.69) is 0 Å². The van der Waals surface area contributed by atoms with Crippen LogP contribution < -0.4 is 5.73 Å². The lowest BCUT2D eigenvalue weighted by Gasteiger charge is -2.31. The van der Waals surface area contributed by atoms with Gasteiger partial charge in [-0.1, -0.05) is 0 Å². The number of hydrogen-bond acceptors (Lipinski definition) is 3. The lowest BCUT2D eigenvalue weighted by atomic mass is 9.98. The number of likely N-dealkylation sites (tertiary alicyclic amines) is 1. The fourth-order valence-electron chi connectivity index (χ4n) is 1.91. The number of hydrogen-bond donors (Lipinski definition) is 1. The van der Waals surface area contributed by atoms with Gasteiger partial charge in [-0.25, -0.2) is 4.79 Å². The molecule has 0 spiro atoms. The van der Waals surface area contributed by atoms with Crippen LogP contribution in [-0.2, 0) is 4.74 Å². The third kappa shape index (κ3) is 4.39. The first kappa shape index (κ1) is 13.3. The molecule has 94 valence electrons. The molecule has 0 saturated carbocycles. The highest BCUT2D eigenvalue weighted by molar-refractivity contribution is 5.68. The number of ether oxygens (including phenoxy) is 1. The zero-order valence-electron chi connectivity index (χ0n) is 10.9. The van der Waals surface area contributed by atoms with Crippen molar-refractivity contribution in [3.63, 3.8) is 0 Å². The van der Waals surface area contributed by atoms with E-state index in [1.54, 1.807) is 4.90 Å². The number of amides is 1. The first-order chi connectivity index (χ1) is 7.20. The SMILES string of the molecule is CC(C)(C)OC(=O)N1CCCC[C@@](C)(N)C1. The standard InChI is InChI=1S/C12H24N2O2/c1-11(2,3)16-10(15)14-8-6-5-7-12(4,13)9-14/h5-9,13H2,1-4H3/t12-/m1/s1. The Balaban J connectivity index is 2.61. The summed E-state index contributed by atoms with van der Waals surface area (Å²) in [5, 5.41) is 0. The summed E-state index contributed by atoms with van der Waals surface area (Å²) in [6.45, 7) is 8.97. The molecule has 4 nitrogen and oxygen atoms in total. The number of carbonyl (C=O) groups excluding carboxylic acids is 1. The fraction of sp³-hybridized carbons (Fsp3) is 0.917. The molecular formula is C12H24N2O2. The molecule has 16 heavy (non-hydrogen) atoms. The molecule has 1 heterocycles. The molecule has 4 heteroatoms. The average Bonchev–Trinajstić information content (AvgIpc) is 2.23. The molecule has 2 N–H and O–H groups in total. The van der Waals surface area contributed by atoms with E-state index in [0.29, 0.717) is 6.54 Å². The summed E-state index contributed by atoms with van der Waals surface area (Å²) in [5.41, 5.74) is 5.40. The van der Waals surface area contributed by atoms with Crippen LogP contribution in [0.4, 0.5) is 4.79 Å². The van der Waals surface area contributed by atoms with Crippen molar-refractivity contribution in [3.05, 3.63) is 0 Å². The number of rotatable bonds is 0. The van der Waals surface area contributed by atoms with Gasteiger partial charge in [-0.05, 0) is 47.0 Å². The Morgan fingerprint density at radius 2 is 2.00 bits per heavy atom. The quantitative estimate of drug-likeness (QED) is 0.691. The molecule has 1 fully saturated rings. The van der Waals surface area contributed by atoms with Crippen LogP contribution in [0.15, 0.2) is 0 Å². The third-order valence-electron chi connectivity index (χ3n) is 2.63. The summed E-state index contributed by atoms with van der Waals surface area (Å²) in [6, 6.07) is 0. The molecule has 0 aliphatic carbocycles. The lowest BCUT2D eigenvalue weighted by molar-refractivity contribution is 0.0227. The van der Waals surface area contributed by atoms with Crippen LogP contribution >= 0.6 is 0 Å². The van der Waals surface area contributed by atoms with Crippen LogP contribution in [0.3, 0.4) is 0 Å². The van der Waals surface area contributed by atoms with Crippen molar-refractivity contribution in [1.29, 1.82) is 0 Å². The van der Waals surface area contributed by atoms with Gasteiger partial charge in [-0.3, -0.25) is 0 Å². The van der Waals surface area contributed by atoms with Crippen molar-refractivity contribution in [2.45, 2.75) is 58.1 Å². The van der Waals surface area contributed by atoms with E-state index < -0.39 is 5.60 Å². The molecule has 0 aromatic carbocycles. The maximum Gasteiger partial charge on any atom is 0.410 e. The number of carbonyl (C=O) groups is 1. The van der Waals surface area contributed by atoms with E-state index in [1.807, 2.05) is 27.7 Å². The highest BCUT2D eigenvalue weighted by Gasteiger charge is 2.30. The highest BCUT2D eigenvalue weighted by atomic mass is 16.6. The van der Waals surface area contributed by atoms with Crippen molar-refractivity contribution in [3.8, 4) is 0 Å². The van der Waals surface area contributed by atoms with Crippen molar-refractivity contribution >= 4 is 6.09 Å². The van der Waals surface area contributed by atoms with Crippen LogP contribution in [0.1, 0.15) is 47.0 Å². The molecule has 1 aliphatic rings. The van der Waals surface area contributed by atoms with Gasteiger partial charge in [0.15, 0.2) is 0 Å². The maximum absolute atomic E-state index is 11.9. The van der Waals surface area contributed by atoms with Gasteiger partial charge in [0.05, 0.1) is 0 Å². The van der Waals surface area contributed by atoms with Gasteiger partial charge in [0, 0.05) is 18.6 Å². The smallest absolute Gasteiger partial charge is 0.410 e. The minimum Gasteiger partial charge on any atom is -0.444 e. The first-order valence-corrected chi connectivity index (χ1v) is 5.96. The molecule has 1 amide bonds. The number of nitrogens with two attached hydrogens (primary N) is 1.